The number of hydrogen-bond acceptors (Lipinski definition) is 3. The van der Waals surface area contributed by atoms with Crippen LogP contribution in [0.3, 0.4) is 0 Å². The molecule has 0 bridgehead atoms. The van der Waals surface area contributed by atoms with Crippen molar-refractivity contribution in [1.82, 2.24) is 4.98 Å². The van der Waals surface area contributed by atoms with E-state index in [1.54, 1.807) is 18.5 Å². The zero-order chi connectivity index (χ0) is 14.3. The van der Waals surface area contributed by atoms with Gasteiger partial charge in [0.15, 0.2) is 6.29 Å². The van der Waals surface area contributed by atoms with Gasteiger partial charge in [-0.1, -0.05) is 38.1 Å². The van der Waals surface area contributed by atoms with Crippen LogP contribution >= 0.6 is 0 Å². The molecule has 0 radical (unpaired) electrons. The second kappa shape index (κ2) is 4.69. The van der Waals surface area contributed by atoms with E-state index in [0.29, 0.717) is 5.56 Å². The summed E-state index contributed by atoms with van der Waals surface area (Å²) in [6, 6.07) is 10.1. The lowest BCUT2D eigenvalue weighted by molar-refractivity contribution is -0.0435. The standard InChI is InChI=1S/C17H19NO2/c1-17(2)9-11-5-3-4-6-12(11)15(17)14-10-18-8-7-13(14)16(19)20/h3-8,10,15-16,19-20H,9H2,1-2H3. The van der Waals surface area contributed by atoms with E-state index in [0.717, 1.165) is 12.0 Å². The van der Waals surface area contributed by atoms with Crippen LogP contribution in [0.15, 0.2) is 42.7 Å². The fourth-order valence-electron chi connectivity index (χ4n) is 3.47. The maximum Gasteiger partial charge on any atom is 0.178 e. The summed E-state index contributed by atoms with van der Waals surface area (Å²) in [6.45, 7) is 4.44. The molecule has 0 aliphatic heterocycles. The van der Waals surface area contributed by atoms with Gasteiger partial charge in [0.1, 0.15) is 0 Å². The highest BCUT2D eigenvalue weighted by molar-refractivity contribution is 5.47. The Morgan fingerprint density at radius 3 is 2.65 bits per heavy atom. The molecule has 1 aromatic carbocycles. The zero-order valence-electron chi connectivity index (χ0n) is 11.7. The third kappa shape index (κ3) is 2.03. The fraction of sp³-hybridized carbons (Fsp3) is 0.353. The molecule has 0 saturated carbocycles. The molecule has 2 N–H and O–H groups in total. The Labute approximate surface area is 118 Å². The van der Waals surface area contributed by atoms with Crippen LogP contribution in [-0.4, -0.2) is 15.2 Å². The molecule has 1 aliphatic carbocycles. The van der Waals surface area contributed by atoms with Crippen molar-refractivity contribution in [3.63, 3.8) is 0 Å². The lowest BCUT2D eigenvalue weighted by atomic mass is 9.75. The average molecular weight is 269 g/mol. The molecule has 0 saturated heterocycles. The van der Waals surface area contributed by atoms with Gasteiger partial charge in [0.25, 0.3) is 0 Å². The van der Waals surface area contributed by atoms with E-state index >= 15 is 0 Å². The monoisotopic (exact) mass is 269 g/mol. The first-order valence-electron chi connectivity index (χ1n) is 6.88. The van der Waals surface area contributed by atoms with Gasteiger partial charge in [0, 0.05) is 23.9 Å². The molecule has 1 heterocycles. The van der Waals surface area contributed by atoms with Gasteiger partial charge in [0.2, 0.25) is 0 Å². The van der Waals surface area contributed by atoms with Gasteiger partial charge in [-0.15, -0.1) is 0 Å². The number of hydrogen-bond donors (Lipinski definition) is 2. The number of aliphatic hydroxyl groups is 2. The number of pyridine rings is 1. The first kappa shape index (κ1) is 13.3. The summed E-state index contributed by atoms with van der Waals surface area (Å²) < 4.78 is 0. The lowest BCUT2D eigenvalue weighted by Gasteiger charge is -2.29. The fourth-order valence-corrected chi connectivity index (χ4v) is 3.47. The lowest BCUT2D eigenvalue weighted by Crippen LogP contribution is -2.21. The molecule has 0 spiro atoms. The van der Waals surface area contributed by atoms with E-state index in [1.165, 1.54) is 11.1 Å². The van der Waals surface area contributed by atoms with Gasteiger partial charge in [-0.2, -0.15) is 0 Å². The molecule has 1 atom stereocenters. The van der Waals surface area contributed by atoms with E-state index in [4.69, 9.17) is 0 Å². The van der Waals surface area contributed by atoms with Crippen LogP contribution in [0.25, 0.3) is 0 Å². The van der Waals surface area contributed by atoms with Gasteiger partial charge in [-0.25, -0.2) is 0 Å². The molecule has 0 amide bonds. The predicted molar refractivity (Wildman–Crippen MR) is 77.2 cm³/mol. The summed E-state index contributed by atoms with van der Waals surface area (Å²) in [6.07, 6.45) is 2.90. The summed E-state index contributed by atoms with van der Waals surface area (Å²) in [5.74, 6) is 0.143. The second-order valence-corrected chi connectivity index (χ2v) is 6.18. The summed E-state index contributed by atoms with van der Waals surface area (Å²) in [5, 5.41) is 19.2. The normalized spacial score (nSPS) is 20.1. The summed E-state index contributed by atoms with van der Waals surface area (Å²) in [7, 11) is 0. The second-order valence-electron chi connectivity index (χ2n) is 6.18. The van der Waals surface area contributed by atoms with E-state index in [1.807, 2.05) is 6.07 Å². The minimum absolute atomic E-state index is 0.0381. The van der Waals surface area contributed by atoms with Crippen LogP contribution in [0.4, 0.5) is 0 Å². The third-order valence-electron chi connectivity index (χ3n) is 4.27. The van der Waals surface area contributed by atoms with E-state index in [9.17, 15) is 10.2 Å². The Balaban J connectivity index is 2.19. The number of aromatic nitrogens is 1. The van der Waals surface area contributed by atoms with Crippen LogP contribution in [0.2, 0.25) is 0 Å². The number of benzene rings is 1. The van der Waals surface area contributed by atoms with E-state index in [2.05, 4.69) is 37.0 Å². The maximum atomic E-state index is 9.61. The summed E-state index contributed by atoms with van der Waals surface area (Å²) in [5.41, 5.74) is 4.11. The van der Waals surface area contributed by atoms with Gasteiger partial charge in [-0.3, -0.25) is 4.98 Å². The predicted octanol–water partition coefficient (Wildman–Crippen LogP) is 2.78. The highest BCUT2D eigenvalue weighted by atomic mass is 16.5. The molecule has 2 aromatic rings. The van der Waals surface area contributed by atoms with Gasteiger partial charge < -0.3 is 10.2 Å². The minimum atomic E-state index is -1.46. The largest absolute Gasteiger partial charge is 0.364 e. The third-order valence-corrected chi connectivity index (χ3v) is 4.27. The summed E-state index contributed by atoms with van der Waals surface area (Å²) >= 11 is 0. The molecule has 0 fully saturated rings. The smallest absolute Gasteiger partial charge is 0.178 e. The van der Waals surface area contributed by atoms with Crippen molar-refractivity contribution >= 4 is 0 Å². The van der Waals surface area contributed by atoms with Crippen molar-refractivity contribution in [3.8, 4) is 0 Å². The van der Waals surface area contributed by atoms with E-state index < -0.39 is 6.29 Å². The number of fused-ring (bicyclic) bond motifs is 1. The van der Waals surface area contributed by atoms with Crippen molar-refractivity contribution in [2.45, 2.75) is 32.5 Å². The van der Waals surface area contributed by atoms with Crippen LogP contribution in [0.5, 0.6) is 0 Å². The van der Waals surface area contributed by atoms with Crippen LogP contribution in [-0.2, 0) is 6.42 Å². The highest BCUT2D eigenvalue weighted by Gasteiger charge is 2.41. The molecule has 1 aliphatic rings. The maximum absolute atomic E-state index is 9.61. The molecule has 3 nitrogen and oxygen atoms in total. The Kier molecular flexibility index (Phi) is 3.11. The SMILES string of the molecule is CC1(C)Cc2ccccc2C1c1cnccc1C(O)O. The minimum Gasteiger partial charge on any atom is -0.364 e. The number of nitrogens with zero attached hydrogens (tertiary/aromatic N) is 1. The van der Waals surface area contributed by atoms with Crippen molar-refractivity contribution in [2.24, 2.45) is 5.41 Å². The number of aliphatic hydroxyl groups excluding tert-OH is 1. The molecule has 1 unspecified atom stereocenters. The first-order valence-corrected chi connectivity index (χ1v) is 6.88. The Morgan fingerprint density at radius 2 is 1.90 bits per heavy atom. The molecule has 3 heteroatoms. The van der Waals surface area contributed by atoms with Crippen LogP contribution in [0.1, 0.15) is 48.3 Å². The van der Waals surface area contributed by atoms with E-state index in [-0.39, 0.29) is 11.3 Å². The first-order chi connectivity index (χ1) is 9.50. The number of rotatable bonds is 2. The highest BCUT2D eigenvalue weighted by Crippen LogP contribution is 2.51. The van der Waals surface area contributed by atoms with Crippen molar-refractivity contribution < 1.29 is 10.2 Å². The molecular formula is C17H19NO2. The quantitative estimate of drug-likeness (QED) is 0.824. The van der Waals surface area contributed by atoms with Gasteiger partial charge >= 0.3 is 0 Å². The topological polar surface area (TPSA) is 53.4 Å². The zero-order valence-corrected chi connectivity index (χ0v) is 11.7. The molecule has 20 heavy (non-hydrogen) atoms. The van der Waals surface area contributed by atoms with Gasteiger partial charge in [-0.05, 0) is 34.6 Å². The Morgan fingerprint density at radius 1 is 1.15 bits per heavy atom. The van der Waals surface area contributed by atoms with Gasteiger partial charge in [0.05, 0.1) is 0 Å². The molecule has 1 aromatic heterocycles. The van der Waals surface area contributed by atoms with Crippen LogP contribution < -0.4 is 0 Å². The Bertz CT molecular complexity index is 634. The van der Waals surface area contributed by atoms with Crippen molar-refractivity contribution in [2.75, 3.05) is 0 Å². The van der Waals surface area contributed by atoms with Crippen LogP contribution in [0, 0.1) is 5.41 Å². The molecule has 3 rings (SSSR count). The molecular weight excluding hydrogens is 250 g/mol. The van der Waals surface area contributed by atoms with Crippen molar-refractivity contribution in [1.29, 1.82) is 0 Å². The molecule has 104 valence electrons. The average Bonchev–Trinajstić information content (AvgIpc) is 2.68. The van der Waals surface area contributed by atoms with Crippen molar-refractivity contribution in [3.05, 3.63) is 65.0 Å². The summed E-state index contributed by atoms with van der Waals surface area (Å²) in [4.78, 5) is 4.19. The Hall–Kier alpha value is -1.71.